The third kappa shape index (κ3) is 5.12. The number of hydrogen-bond acceptors (Lipinski definition) is 5. The molecule has 1 atom stereocenters. The Morgan fingerprint density at radius 1 is 1.14 bits per heavy atom. The van der Waals surface area contributed by atoms with Gasteiger partial charge in [-0.15, -0.1) is 10.2 Å². The van der Waals surface area contributed by atoms with Crippen molar-refractivity contribution in [2.45, 2.75) is 52.4 Å². The van der Waals surface area contributed by atoms with Gasteiger partial charge in [0.15, 0.2) is 5.82 Å². The number of carbonyl (C=O) groups excluding carboxylic acids is 1. The Kier molecular flexibility index (Phi) is 7.47. The molecule has 9 nitrogen and oxygen atoms in total. The van der Waals surface area contributed by atoms with Gasteiger partial charge in [0.2, 0.25) is 0 Å². The van der Waals surface area contributed by atoms with Crippen LogP contribution in [0.1, 0.15) is 53.5 Å². The maximum atomic E-state index is 14.3. The second kappa shape index (κ2) is 11.0. The minimum absolute atomic E-state index is 0.0211. The van der Waals surface area contributed by atoms with Crippen LogP contribution < -0.4 is 5.56 Å². The lowest BCUT2D eigenvalue weighted by Crippen LogP contribution is -2.46. The monoisotopic (exact) mass is 667 g/mol. The van der Waals surface area contributed by atoms with E-state index in [2.05, 4.69) is 45.1 Å². The van der Waals surface area contributed by atoms with Gasteiger partial charge in [0.05, 0.1) is 29.7 Å². The highest BCUT2D eigenvalue weighted by molar-refractivity contribution is 9.10. The molecule has 0 unspecified atom stereocenters. The van der Waals surface area contributed by atoms with Crippen LogP contribution in [0.3, 0.4) is 0 Å². The second-order valence-corrected chi connectivity index (χ2v) is 12.4. The summed E-state index contributed by atoms with van der Waals surface area (Å²) in [5, 5.41) is 12.8. The van der Waals surface area contributed by atoms with E-state index in [1.54, 1.807) is 28.5 Å². The van der Waals surface area contributed by atoms with Crippen LogP contribution in [0.25, 0.3) is 22.7 Å². The Bertz CT molecular complexity index is 1960. The molecule has 3 aromatic heterocycles. The van der Waals surface area contributed by atoms with Gasteiger partial charge in [-0.3, -0.25) is 14.2 Å². The minimum atomic E-state index is -4.62. The molecule has 13 heteroatoms. The van der Waals surface area contributed by atoms with Gasteiger partial charge < -0.3 is 9.47 Å². The fourth-order valence-corrected chi connectivity index (χ4v) is 6.30. The summed E-state index contributed by atoms with van der Waals surface area (Å²) in [6, 6.07) is 10.5. The molecular weight excluding hydrogens is 639 g/mol. The second-order valence-electron chi connectivity index (χ2n) is 11.6. The van der Waals surface area contributed by atoms with Gasteiger partial charge in [-0.2, -0.15) is 18.3 Å². The van der Waals surface area contributed by atoms with Gasteiger partial charge in [-0.05, 0) is 68.1 Å². The van der Waals surface area contributed by atoms with Gasteiger partial charge in [0.25, 0.3) is 11.5 Å². The fourth-order valence-electron chi connectivity index (χ4n) is 5.83. The number of halogens is 4. The van der Waals surface area contributed by atoms with E-state index >= 15 is 0 Å². The smallest absolute Gasteiger partial charge is 0.330 e. The van der Waals surface area contributed by atoms with Crippen LogP contribution >= 0.6 is 15.9 Å². The third-order valence-electron chi connectivity index (χ3n) is 7.95. The normalized spacial score (nSPS) is 15.3. The number of aryl methyl sites for hydroxylation is 1. The lowest BCUT2D eigenvalue weighted by Gasteiger charge is -2.35. The van der Waals surface area contributed by atoms with E-state index in [9.17, 15) is 22.8 Å². The number of aromatic nitrogens is 6. The van der Waals surface area contributed by atoms with Crippen molar-refractivity contribution in [3.63, 3.8) is 0 Å². The highest BCUT2D eigenvalue weighted by atomic mass is 79.9. The Morgan fingerprint density at radius 3 is 2.50 bits per heavy atom. The average Bonchev–Trinajstić information content (AvgIpc) is 3.58. The molecule has 5 aromatic rings. The summed E-state index contributed by atoms with van der Waals surface area (Å²) in [5.74, 6) is 0.419. The number of alkyl halides is 3. The van der Waals surface area contributed by atoms with Gasteiger partial charge in [-0.1, -0.05) is 29.8 Å². The van der Waals surface area contributed by atoms with Crippen LogP contribution in [0.5, 0.6) is 0 Å². The molecule has 0 fully saturated rings. The zero-order valence-electron chi connectivity index (χ0n) is 24.4. The van der Waals surface area contributed by atoms with Crippen LogP contribution in [0.4, 0.5) is 13.2 Å². The number of amides is 1. The predicted octanol–water partition coefficient (Wildman–Crippen LogP) is 5.85. The van der Waals surface area contributed by atoms with Gasteiger partial charge in [0, 0.05) is 39.8 Å². The SMILES string of the molecule is CC(C)Cc1cnn2c3c(c(=O)n(-c4ccc(-c5nncn5C)cc4)c12)C[C@@H](C)N(C(=O)c1ccc(Br)c(C(F)(F)F)c1)C3. The maximum Gasteiger partial charge on any atom is 0.417 e. The molecule has 4 heterocycles. The third-order valence-corrected chi connectivity index (χ3v) is 8.64. The van der Waals surface area contributed by atoms with Crippen LogP contribution in [-0.2, 0) is 32.6 Å². The molecule has 0 N–H and O–H groups in total. The molecule has 0 spiro atoms. The molecule has 6 rings (SSSR count). The molecule has 228 valence electrons. The zero-order valence-corrected chi connectivity index (χ0v) is 26.0. The lowest BCUT2D eigenvalue weighted by atomic mass is 9.97. The molecule has 1 aliphatic heterocycles. The van der Waals surface area contributed by atoms with Crippen molar-refractivity contribution < 1.29 is 18.0 Å². The molecule has 0 saturated carbocycles. The van der Waals surface area contributed by atoms with Crippen molar-refractivity contribution in [2.24, 2.45) is 13.0 Å². The first kappa shape index (κ1) is 29.8. The largest absolute Gasteiger partial charge is 0.417 e. The minimum Gasteiger partial charge on any atom is -0.330 e. The van der Waals surface area contributed by atoms with E-state index in [4.69, 9.17) is 0 Å². The highest BCUT2D eigenvalue weighted by Gasteiger charge is 2.36. The van der Waals surface area contributed by atoms with Crippen molar-refractivity contribution in [3.05, 3.63) is 97.8 Å². The van der Waals surface area contributed by atoms with E-state index in [1.807, 2.05) is 35.9 Å². The number of hydrogen-bond donors (Lipinski definition) is 0. The molecule has 0 saturated heterocycles. The molecule has 0 aliphatic carbocycles. The Balaban J connectivity index is 1.46. The van der Waals surface area contributed by atoms with Crippen molar-refractivity contribution in [1.82, 2.24) is 33.8 Å². The van der Waals surface area contributed by atoms with E-state index in [0.29, 0.717) is 34.8 Å². The van der Waals surface area contributed by atoms with Crippen molar-refractivity contribution in [1.29, 1.82) is 0 Å². The van der Waals surface area contributed by atoms with Crippen molar-refractivity contribution >= 4 is 27.5 Å². The number of benzene rings is 2. The first-order valence-electron chi connectivity index (χ1n) is 14.1. The summed E-state index contributed by atoms with van der Waals surface area (Å²) in [6.07, 6.45) is -0.382. The maximum absolute atomic E-state index is 14.3. The fraction of sp³-hybridized carbons (Fsp3) is 0.323. The van der Waals surface area contributed by atoms with Crippen LogP contribution in [0.2, 0.25) is 0 Å². The summed E-state index contributed by atoms with van der Waals surface area (Å²) >= 11 is 2.94. The Morgan fingerprint density at radius 2 is 1.86 bits per heavy atom. The highest BCUT2D eigenvalue weighted by Crippen LogP contribution is 2.36. The van der Waals surface area contributed by atoms with E-state index < -0.39 is 23.7 Å². The number of fused-ring (bicyclic) bond motifs is 3. The number of rotatable bonds is 5. The predicted molar refractivity (Wildman–Crippen MR) is 162 cm³/mol. The summed E-state index contributed by atoms with van der Waals surface area (Å²) < 4.78 is 45.8. The average molecular weight is 669 g/mol. The van der Waals surface area contributed by atoms with Gasteiger partial charge in [0.1, 0.15) is 12.0 Å². The molecular formula is C31H29BrF3N7O2. The first-order chi connectivity index (χ1) is 20.8. The summed E-state index contributed by atoms with van der Waals surface area (Å²) in [7, 11) is 1.85. The Labute approximate surface area is 259 Å². The molecule has 44 heavy (non-hydrogen) atoms. The van der Waals surface area contributed by atoms with E-state index in [-0.39, 0.29) is 34.5 Å². The van der Waals surface area contributed by atoms with E-state index in [1.165, 1.54) is 17.0 Å². The lowest BCUT2D eigenvalue weighted by molar-refractivity contribution is -0.138. The summed E-state index contributed by atoms with van der Waals surface area (Å²) in [6.45, 7) is 5.97. The van der Waals surface area contributed by atoms with Gasteiger partial charge >= 0.3 is 6.18 Å². The van der Waals surface area contributed by atoms with E-state index in [0.717, 1.165) is 17.2 Å². The standard InChI is InChI=1S/C31H29BrF3N7O2/c1-17(2)11-21-14-37-42-26-15-40(29(43)20-7-10-25(32)24(13-20)31(33,34)35)18(3)12-23(26)30(44)41(28(21)42)22-8-5-19(6-9-22)27-38-36-16-39(27)4/h5-10,13-14,16-18H,11-12,15H2,1-4H3/t18-/m1/s1. The molecule has 1 amide bonds. The van der Waals surface area contributed by atoms with Gasteiger partial charge in [-0.25, -0.2) is 4.52 Å². The zero-order chi connectivity index (χ0) is 31.5. The number of nitrogens with zero attached hydrogens (tertiary/aromatic N) is 7. The van der Waals surface area contributed by atoms with Crippen LogP contribution in [-0.4, -0.2) is 45.8 Å². The quantitative estimate of drug-likeness (QED) is 0.235. The topological polar surface area (TPSA) is 90.3 Å². The summed E-state index contributed by atoms with van der Waals surface area (Å²) in [5.41, 5.74) is 2.81. The molecule has 0 radical (unpaired) electrons. The van der Waals surface area contributed by atoms with Crippen molar-refractivity contribution in [2.75, 3.05) is 0 Å². The molecule has 2 aromatic carbocycles. The number of carbonyl (C=O) groups is 1. The first-order valence-corrected chi connectivity index (χ1v) is 14.9. The van der Waals surface area contributed by atoms with Crippen LogP contribution in [0, 0.1) is 5.92 Å². The van der Waals surface area contributed by atoms with Crippen molar-refractivity contribution in [3.8, 4) is 17.1 Å². The summed E-state index contributed by atoms with van der Waals surface area (Å²) in [4.78, 5) is 29.4. The Hall–Kier alpha value is -4.26. The van der Waals surface area contributed by atoms with Crippen LogP contribution in [0.15, 0.2) is 64.3 Å². The molecule has 0 bridgehead atoms. The molecule has 1 aliphatic rings.